The molecule has 9 heteroatoms. The molecule has 6 nitrogen and oxygen atoms in total. The Hall–Kier alpha value is -2.41. The van der Waals surface area contributed by atoms with E-state index in [9.17, 15) is 4.79 Å². The number of carbonyl (C=O) groups excluding carboxylic acids is 1. The van der Waals surface area contributed by atoms with Crippen LogP contribution in [0.15, 0.2) is 46.1 Å². The van der Waals surface area contributed by atoms with Crippen LogP contribution < -0.4 is 10.6 Å². The van der Waals surface area contributed by atoms with Gasteiger partial charge in [0.25, 0.3) is 0 Å². The molecule has 1 aromatic carbocycles. The largest absolute Gasteiger partial charge is 0.330 e. The number of nitriles is 1. The molecule has 0 atom stereocenters. The van der Waals surface area contributed by atoms with Gasteiger partial charge in [-0.25, -0.2) is 0 Å². The van der Waals surface area contributed by atoms with Gasteiger partial charge in [0.05, 0.1) is 11.3 Å². The van der Waals surface area contributed by atoms with Gasteiger partial charge in [0, 0.05) is 5.69 Å². The van der Waals surface area contributed by atoms with Crippen LogP contribution in [0.5, 0.6) is 0 Å². The topological polar surface area (TPSA) is 90.7 Å². The number of carbonyl (C=O) groups is 1. The standard InChI is InChI=1S/C15H11N5OS3/c16-8-10-6-7-22-13(10)18-12(21)9-23-15-20-19-14(24-15)17-11-4-2-1-3-5-11/h1-7H,9H2,(H,17,19)(H,18,21). The number of amides is 1. The molecule has 2 heterocycles. The SMILES string of the molecule is N#Cc1ccsc1NC(=O)CSc1nnc(Nc2ccccc2)s1. The zero-order valence-corrected chi connectivity index (χ0v) is 14.7. The average Bonchev–Trinajstić information content (AvgIpc) is 3.23. The summed E-state index contributed by atoms with van der Waals surface area (Å²) in [4.78, 5) is 12.0. The summed E-state index contributed by atoms with van der Waals surface area (Å²) < 4.78 is 0.704. The number of nitrogens with one attached hydrogen (secondary N) is 2. The van der Waals surface area contributed by atoms with Crippen LogP contribution in [-0.2, 0) is 4.79 Å². The van der Waals surface area contributed by atoms with Crippen LogP contribution in [0.1, 0.15) is 5.56 Å². The van der Waals surface area contributed by atoms with Crippen LogP contribution in [0, 0.1) is 11.3 Å². The summed E-state index contributed by atoms with van der Waals surface area (Å²) >= 11 is 4.03. The van der Waals surface area contributed by atoms with Gasteiger partial charge in [-0.05, 0) is 23.6 Å². The number of thioether (sulfide) groups is 1. The second-order valence-electron chi connectivity index (χ2n) is 4.48. The number of anilines is 3. The average molecular weight is 373 g/mol. The van der Waals surface area contributed by atoms with E-state index < -0.39 is 0 Å². The minimum absolute atomic E-state index is 0.174. The molecular weight excluding hydrogens is 362 g/mol. The Morgan fingerprint density at radius 3 is 2.88 bits per heavy atom. The molecule has 120 valence electrons. The lowest BCUT2D eigenvalue weighted by Gasteiger charge is -2.01. The van der Waals surface area contributed by atoms with Gasteiger partial charge in [0.2, 0.25) is 11.0 Å². The van der Waals surface area contributed by atoms with E-state index >= 15 is 0 Å². The summed E-state index contributed by atoms with van der Waals surface area (Å²) in [5.74, 6) is 0.0367. The first-order valence-corrected chi connectivity index (χ1v) is 9.48. The monoisotopic (exact) mass is 373 g/mol. The number of para-hydroxylation sites is 1. The summed E-state index contributed by atoms with van der Waals surface area (Å²) in [6, 6.07) is 13.4. The number of aromatic nitrogens is 2. The minimum Gasteiger partial charge on any atom is -0.330 e. The zero-order valence-electron chi connectivity index (χ0n) is 12.2. The van der Waals surface area contributed by atoms with Gasteiger partial charge in [-0.3, -0.25) is 4.79 Å². The first-order chi connectivity index (χ1) is 11.7. The van der Waals surface area contributed by atoms with Crippen molar-refractivity contribution in [2.45, 2.75) is 4.34 Å². The molecule has 3 aromatic rings. The second kappa shape index (κ2) is 7.92. The fourth-order valence-corrected chi connectivity index (χ4v) is 4.07. The van der Waals surface area contributed by atoms with Gasteiger partial charge in [-0.15, -0.1) is 21.5 Å². The maximum absolute atomic E-state index is 12.0. The Balaban J connectivity index is 1.52. The van der Waals surface area contributed by atoms with E-state index in [1.807, 2.05) is 36.4 Å². The maximum Gasteiger partial charge on any atom is 0.235 e. The highest BCUT2D eigenvalue weighted by Crippen LogP contribution is 2.28. The predicted molar refractivity (Wildman–Crippen MR) is 98.0 cm³/mol. The van der Waals surface area contributed by atoms with Crippen LogP contribution in [0.4, 0.5) is 15.8 Å². The van der Waals surface area contributed by atoms with Crippen LogP contribution in [-0.4, -0.2) is 21.9 Å². The Morgan fingerprint density at radius 2 is 2.08 bits per heavy atom. The van der Waals surface area contributed by atoms with Crippen LogP contribution in [0.3, 0.4) is 0 Å². The summed E-state index contributed by atoms with van der Waals surface area (Å²) in [6.45, 7) is 0. The molecule has 0 unspecified atom stereocenters. The number of hydrogen-bond acceptors (Lipinski definition) is 8. The van der Waals surface area contributed by atoms with Crippen LogP contribution in [0.2, 0.25) is 0 Å². The van der Waals surface area contributed by atoms with Gasteiger partial charge in [0.1, 0.15) is 11.1 Å². The Labute approximate surface area is 150 Å². The molecule has 2 aromatic heterocycles. The molecule has 0 aliphatic rings. The van der Waals surface area contributed by atoms with Gasteiger partial charge < -0.3 is 10.6 Å². The molecular formula is C15H11N5OS3. The van der Waals surface area contributed by atoms with Crippen molar-refractivity contribution in [2.75, 3.05) is 16.4 Å². The van der Waals surface area contributed by atoms with Crippen molar-refractivity contribution >= 4 is 56.2 Å². The van der Waals surface area contributed by atoms with Crippen molar-refractivity contribution in [3.63, 3.8) is 0 Å². The van der Waals surface area contributed by atoms with Gasteiger partial charge >= 0.3 is 0 Å². The third kappa shape index (κ3) is 4.32. The van der Waals surface area contributed by atoms with Crippen molar-refractivity contribution < 1.29 is 4.79 Å². The Bertz CT molecular complexity index is 869. The number of thiophene rings is 1. The Morgan fingerprint density at radius 1 is 1.25 bits per heavy atom. The van der Waals surface area contributed by atoms with E-state index in [0.29, 0.717) is 20.0 Å². The van der Waals surface area contributed by atoms with Crippen LogP contribution >= 0.6 is 34.4 Å². The van der Waals surface area contributed by atoms with E-state index in [2.05, 4.69) is 20.8 Å². The molecule has 0 aliphatic carbocycles. The smallest absolute Gasteiger partial charge is 0.235 e. The molecule has 0 saturated carbocycles. The summed E-state index contributed by atoms with van der Waals surface area (Å²) in [5, 5.41) is 26.0. The van der Waals surface area contributed by atoms with E-state index in [-0.39, 0.29) is 11.7 Å². The van der Waals surface area contributed by atoms with E-state index in [4.69, 9.17) is 5.26 Å². The normalized spacial score (nSPS) is 10.1. The van der Waals surface area contributed by atoms with E-state index in [1.165, 1.54) is 34.4 Å². The van der Waals surface area contributed by atoms with Crippen molar-refractivity contribution in [3.8, 4) is 6.07 Å². The molecule has 0 aliphatic heterocycles. The lowest BCUT2D eigenvalue weighted by atomic mass is 10.3. The van der Waals surface area contributed by atoms with E-state index in [1.54, 1.807) is 11.4 Å². The molecule has 2 N–H and O–H groups in total. The number of hydrogen-bond donors (Lipinski definition) is 2. The van der Waals surface area contributed by atoms with Crippen LogP contribution in [0.25, 0.3) is 0 Å². The molecule has 0 fully saturated rings. The minimum atomic E-state index is -0.174. The highest BCUT2D eigenvalue weighted by Gasteiger charge is 2.11. The van der Waals surface area contributed by atoms with Gasteiger partial charge in [-0.1, -0.05) is 41.3 Å². The fourth-order valence-electron chi connectivity index (χ4n) is 1.75. The first kappa shape index (κ1) is 16.4. The van der Waals surface area contributed by atoms with Gasteiger partial charge in [-0.2, -0.15) is 5.26 Å². The summed E-state index contributed by atoms with van der Waals surface area (Å²) in [7, 11) is 0. The zero-order chi connectivity index (χ0) is 16.8. The second-order valence-corrected chi connectivity index (χ2v) is 7.59. The number of rotatable bonds is 6. The third-order valence-electron chi connectivity index (χ3n) is 2.80. The molecule has 0 radical (unpaired) electrons. The molecule has 0 spiro atoms. The first-order valence-electron chi connectivity index (χ1n) is 6.80. The fraction of sp³-hybridized carbons (Fsp3) is 0.0667. The summed E-state index contributed by atoms with van der Waals surface area (Å²) in [5.41, 5.74) is 1.41. The Kier molecular flexibility index (Phi) is 5.43. The number of benzene rings is 1. The highest BCUT2D eigenvalue weighted by molar-refractivity contribution is 8.01. The van der Waals surface area contributed by atoms with Gasteiger partial charge in [0.15, 0.2) is 4.34 Å². The molecule has 0 bridgehead atoms. The van der Waals surface area contributed by atoms with E-state index in [0.717, 1.165) is 5.69 Å². The van der Waals surface area contributed by atoms with Crippen molar-refractivity contribution in [1.82, 2.24) is 10.2 Å². The van der Waals surface area contributed by atoms with Crippen molar-refractivity contribution in [1.29, 1.82) is 5.26 Å². The highest BCUT2D eigenvalue weighted by atomic mass is 32.2. The van der Waals surface area contributed by atoms with Crippen molar-refractivity contribution in [2.24, 2.45) is 0 Å². The quantitative estimate of drug-likeness (QED) is 0.636. The molecule has 24 heavy (non-hydrogen) atoms. The van der Waals surface area contributed by atoms with Crippen molar-refractivity contribution in [3.05, 3.63) is 47.3 Å². The molecule has 0 saturated heterocycles. The maximum atomic E-state index is 12.0. The molecule has 1 amide bonds. The lowest BCUT2D eigenvalue weighted by Crippen LogP contribution is -2.13. The third-order valence-corrected chi connectivity index (χ3v) is 5.60. The molecule has 3 rings (SSSR count). The predicted octanol–water partition coefficient (Wildman–Crippen LogP) is 3.95. The number of nitrogens with zero attached hydrogens (tertiary/aromatic N) is 3. The lowest BCUT2D eigenvalue weighted by molar-refractivity contribution is -0.113. The summed E-state index contributed by atoms with van der Waals surface area (Å²) in [6.07, 6.45) is 0.